The second-order valence-electron chi connectivity index (χ2n) is 3.88. The van der Waals surface area contributed by atoms with Crippen LogP contribution >= 0.6 is 11.6 Å². The number of aryl methyl sites for hydroxylation is 1. The molecule has 2 rings (SSSR count). The molecule has 1 aromatic heterocycles. The van der Waals surface area contributed by atoms with Crippen molar-refractivity contribution in [2.75, 3.05) is 5.32 Å². The lowest BCUT2D eigenvalue weighted by Crippen LogP contribution is -2.35. The Labute approximate surface area is 118 Å². The maximum absolute atomic E-state index is 13.5. The number of urea groups is 1. The molecule has 2 N–H and O–H groups in total. The van der Waals surface area contributed by atoms with Crippen molar-refractivity contribution in [1.82, 2.24) is 15.1 Å². The molecule has 0 radical (unpaired) electrons. The van der Waals surface area contributed by atoms with Crippen molar-refractivity contribution in [3.63, 3.8) is 0 Å². The van der Waals surface area contributed by atoms with E-state index >= 15 is 0 Å². The molecule has 0 aliphatic carbocycles. The Morgan fingerprint density at radius 2 is 2.10 bits per heavy atom. The summed E-state index contributed by atoms with van der Waals surface area (Å²) in [7, 11) is 1.67. The number of hydrogen-bond donors (Lipinski definition) is 2. The average Bonchev–Trinajstić information content (AvgIpc) is 2.74. The lowest BCUT2D eigenvalue weighted by Gasteiger charge is -2.06. The van der Waals surface area contributed by atoms with E-state index in [2.05, 4.69) is 10.4 Å². The Bertz CT molecular complexity index is 651. The van der Waals surface area contributed by atoms with Gasteiger partial charge in [-0.2, -0.15) is 5.10 Å². The molecule has 8 heteroatoms. The van der Waals surface area contributed by atoms with Gasteiger partial charge in [-0.15, -0.1) is 0 Å². The van der Waals surface area contributed by atoms with E-state index in [0.717, 1.165) is 6.07 Å². The third-order valence-electron chi connectivity index (χ3n) is 2.37. The maximum atomic E-state index is 13.5. The van der Waals surface area contributed by atoms with E-state index in [-0.39, 0.29) is 16.4 Å². The number of carbonyl (C=O) groups is 2. The first kappa shape index (κ1) is 14.0. The van der Waals surface area contributed by atoms with Crippen molar-refractivity contribution >= 4 is 29.4 Å². The highest BCUT2D eigenvalue weighted by Gasteiger charge is 2.18. The molecule has 0 atom stereocenters. The van der Waals surface area contributed by atoms with Crippen LogP contribution in [0, 0.1) is 5.82 Å². The largest absolute Gasteiger partial charge is 0.327 e. The quantitative estimate of drug-likeness (QED) is 0.892. The van der Waals surface area contributed by atoms with Gasteiger partial charge >= 0.3 is 6.03 Å². The van der Waals surface area contributed by atoms with Gasteiger partial charge in [-0.3, -0.25) is 20.1 Å². The Morgan fingerprint density at radius 1 is 1.35 bits per heavy atom. The minimum Gasteiger partial charge on any atom is -0.291 e. The highest BCUT2D eigenvalue weighted by Crippen LogP contribution is 2.18. The lowest BCUT2D eigenvalue weighted by molar-refractivity contribution is 0.0963. The van der Waals surface area contributed by atoms with E-state index in [4.69, 9.17) is 11.6 Å². The highest BCUT2D eigenvalue weighted by atomic mass is 35.5. The van der Waals surface area contributed by atoms with Crippen LogP contribution in [0.2, 0.25) is 5.02 Å². The number of amides is 3. The van der Waals surface area contributed by atoms with Crippen LogP contribution in [0.15, 0.2) is 30.5 Å². The topological polar surface area (TPSA) is 76.0 Å². The van der Waals surface area contributed by atoms with Gasteiger partial charge < -0.3 is 0 Å². The number of nitrogens with one attached hydrogen (secondary N) is 2. The summed E-state index contributed by atoms with van der Waals surface area (Å²) in [4.78, 5) is 23.3. The summed E-state index contributed by atoms with van der Waals surface area (Å²) in [5.41, 5.74) is -0.384. The molecule has 0 aliphatic heterocycles. The van der Waals surface area contributed by atoms with Crippen LogP contribution in [0.4, 0.5) is 15.0 Å². The summed E-state index contributed by atoms with van der Waals surface area (Å²) in [6.07, 6.45) is 1.62. The normalized spacial score (nSPS) is 10.2. The molecule has 1 heterocycles. The van der Waals surface area contributed by atoms with Crippen LogP contribution in [-0.4, -0.2) is 21.7 Å². The molecular weight excluding hydrogens is 287 g/mol. The molecule has 0 saturated carbocycles. The minimum atomic E-state index is -0.929. The van der Waals surface area contributed by atoms with Crippen LogP contribution in [-0.2, 0) is 7.05 Å². The fourth-order valence-electron chi connectivity index (χ4n) is 1.51. The number of aromatic nitrogens is 2. The standard InChI is InChI=1S/C12H10ClFN4O2/c1-18-6-5-9(17-18)15-12(20)16-11(19)10-7(13)3-2-4-8(10)14/h2-6H,1H3,(H2,15,16,17,19,20). The third kappa shape index (κ3) is 3.12. The Hall–Kier alpha value is -2.41. The van der Waals surface area contributed by atoms with Crippen molar-refractivity contribution in [3.8, 4) is 0 Å². The Morgan fingerprint density at radius 3 is 2.70 bits per heavy atom. The zero-order chi connectivity index (χ0) is 14.7. The molecule has 0 saturated heterocycles. The molecule has 2 aromatic rings. The number of anilines is 1. The van der Waals surface area contributed by atoms with E-state index in [1.807, 2.05) is 5.32 Å². The summed E-state index contributed by atoms with van der Waals surface area (Å²) < 4.78 is 15.0. The fourth-order valence-corrected chi connectivity index (χ4v) is 1.76. The van der Waals surface area contributed by atoms with E-state index in [0.29, 0.717) is 0 Å². The number of nitrogens with zero attached hydrogens (tertiary/aromatic N) is 2. The summed E-state index contributed by atoms with van der Waals surface area (Å²) in [6.45, 7) is 0. The number of imide groups is 1. The van der Waals surface area contributed by atoms with Crippen molar-refractivity contribution < 1.29 is 14.0 Å². The lowest BCUT2D eigenvalue weighted by atomic mass is 10.2. The first-order valence-corrected chi connectivity index (χ1v) is 5.91. The minimum absolute atomic E-state index is 0.0758. The maximum Gasteiger partial charge on any atom is 0.327 e. The number of carbonyl (C=O) groups excluding carboxylic acids is 2. The molecule has 0 bridgehead atoms. The van der Waals surface area contributed by atoms with Gasteiger partial charge in [0.25, 0.3) is 5.91 Å². The Balaban J connectivity index is 2.06. The molecule has 6 nitrogen and oxygen atoms in total. The monoisotopic (exact) mass is 296 g/mol. The van der Waals surface area contributed by atoms with Gasteiger partial charge in [-0.25, -0.2) is 9.18 Å². The highest BCUT2D eigenvalue weighted by molar-refractivity contribution is 6.34. The van der Waals surface area contributed by atoms with Gasteiger partial charge in [0.1, 0.15) is 5.82 Å². The van der Waals surface area contributed by atoms with Gasteiger partial charge in [-0.05, 0) is 12.1 Å². The van der Waals surface area contributed by atoms with Gasteiger partial charge in [0.2, 0.25) is 0 Å². The average molecular weight is 297 g/mol. The van der Waals surface area contributed by atoms with E-state index < -0.39 is 17.8 Å². The number of benzene rings is 1. The molecule has 0 fully saturated rings. The SMILES string of the molecule is Cn1ccc(NC(=O)NC(=O)c2c(F)cccc2Cl)n1. The molecule has 0 unspecified atom stereocenters. The van der Waals surface area contributed by atoms with Crippen molar-refractivity contribution in [2.45, 2.75) is 0 Å². The van der Waals surface area contributed by atoms with E-state index in [1.54, 1.807) is 19.3 Å². The van der Waals surface area contributed by atoms with Crippen LogP contribution in [0.1, 0.15) is 10.4 Å². The zero-order valence-electron chi connectivity index (χ0n) is 10.4. The smallest absolute Gasteiger partial charge is 0.291 e. The summed E-state index contributed by atoms with van der Waals surface area (Å²) in [5, 5.41) is 8.13. The van der Waals surface area contributed by atoms with Crippen molar-refractivity contribution in [2.24, 2.45) is 7.05 Å². The second-order valence-corrected chi connectivity index (χ2v) is 4.29. The first-order valence-electron chi connectivity index (χ1n) is 5.53. The summed E-state index contributed by atoms with van der Waals surface area (Å²) >= 11 is 5.72. The molecular formula is C12H10ClFN4O2. The first-order chi connectivity index (χ1) is 9.47. The Kier molecular flexibility index (Phi) is 3.99. The number of rotatable bonds is 2. The number of halogens is 2. The fraction of sp³-hybridized carbons (Fsp3) is 0.0833. The second kappa shape index (κ2) is 5.70. The predicted octanol–water partition coefficient (Wildman–Crippen LogP) is 2.17. The number of hydrogen-bond acceptors (Lipinski definition) is 3. The van der Waals surface area contributed by atoms with Crippen LogP contribution in [0.5, 0.6) is 0 Å². The van der Waals surface area contributed by atoms with E-state index in [9.17, 15) is 14.0 Å². The van der Waals surface area contributed by atoms with Crippen LogP contribution < -0.4 is 10.6 Å². The van der Waals surface area contributed by atoms with Gasteiger partial charge in [0, 0.05) is 19.3 Å². The van der Waals surface area contributed by atoms with Gasteiger partial charge in [0.15, 0.2) is 5.82 Å². The molecule has 104 valence electrons. The zero-order valence-corrected chi connectivity index (χ0v) is 11.1. The van der Waals surface area contributed by atoms with Crippen LogP contribution in [0.3, 0.4) is 0 Å². The molecule has 0 aliphatic rings. The van der Waals surface area contributed by atoms with Crippen LogP contribution in [0.25, 0.3) is 0 Å². The molecule has 0 spiro atoms. The van der Waals surface area contributed by atoms with Gasteiger partial charge in [-0.1, -0.05) is 17.7 Å². The van der Waals surface area contributed by atoms with Crippen molar-refractivity contribution in [1.29, 1.82) is 0 Å². The molecule has 3 amide bonds. The predicted molar refractivity (Wildman–Crippen MR) is 71.1 cm³/mol. The van der Waals surface area contributed by atoms with E-state index in [1.165, 1.54) is 16.8 Å². The van der Waals surface area contributed by atoms with Crippen molar-refractivity contribution in [3.05, 3.63) is 46.9 Å². The summed E-state index contributed by atoms with van der Waals surface area (Å²) in [5.74, 6) is -1.47. The molecule has 20 heavy (non-hydrogen) atoms. The third-order valence-corrected chi connectivity index (χ3v) is 2.69. The molecule has 1 aromatic carbocycles. The van der Waals surface area contributed by atoms with Gasteiger partial charge in [0.05, 0.1) is 10.6 Å². The summed E-state index contributed by atoms with van der Waals surface area (Å²) in [6, 6.07) is 4.52.